The molecule has 0 atom stereocenters. The number of hydrogen-bond acceptors (Lipinski definition) is 2. The van der Waals surface area contributed by atoms with Crippen LogP contribution in [0.3, 0.4) is 0 Å². The van der Waals surface area contributed by atoms with Crippen LogP contribution in [0.2, 0.25) is 0 Å². The smallest absolute Gasteiger partial charge is 0.231 e. The number of fused-ring (bicyclic) bond motifs is 1. The maximum Gasteiger partial charge on any atom is 0.231 e. The zero-order chi connectivity index (χ0) is 14.9. The Bertz CT molecular complexity index is 837. The Hall–Kier alpha value is -2.74. The lowest BCUT2D eigenvalue weighted by Crippen LogP contribution is -1.93. The summed E-state index contributed by atoms with van der Waals surface area (Å²) < 4.78 is 11.1. The highest BCUT2D eigenvalue weighted by Crippen LogP contribution is 2.41. The van der Waals surface area contributed by atoms with Gasteiger partial charge in [0.05, 0.1) is 0 Å². The van der Waals surface area contributed by atoms with Crippen LogP contribution in [0, 0.1) is 6.92 Å². The van der Waals surface area contributed by atoms with Crippen LogP contribution in [-0.2, 0) is 0 Å². The topological polar surface area (TPSA) is 18.5 Å². The van der Waals surface area contributed by atoms with Gasteiger partial charge in [0.25, 0.3) is 0 Å². The molecule has 1 heterocycles. The Morgan fingerprint density at radius 1 is 0.727 bits per heavy atom. The van der Waals surface area contributed by atoms with Gasteiger partial charge in [-0.25, -0.2) is 0 Å². The van der Waals surface area contributed by atoms with Crippen molar-refractivity contribution in [1.82, 2.24) is 0 Å². The zero-order valence-electron chi connectivity index (χ0n) is 12.1. The van der Waals surface area contributed by atoms with Gasteiger partial charge in [-0.05, 0) is 41.3 Å². The standard InChI is InChI=1S/C20H15O2/c1-14-6-2-3-9-17(14)15-7-4-8-16(12-15)18-10-5-11-19-20(18)22-13-21-19/h2-12H,1,13H2. The van der Waals surface area contributed by atoms with Gasteiger partial charge in [0, 0.05) is 5.56 Å². The molecule has 0 spiro atoms. The van der Waals surface area contributed by atoms with Gasteiger partial charge in [-0.1, -0.05) is 54.6 Å². The van der Waals surface area contributed by atoms with E-state index in [4.69, 9.17) is 9.47 Å². The molecule has 3 aromatic carbocycles. The highest BCUT2D eigenvalue weighted by molar-refractivity contribution is 5.79. The fraction of sp³-hybridized carbons (Fsp3) is 0.0500. The number of para-hydroxylation sites is 1. The van der Waals surface area contributed by atoms with Crippen molar-refractivity contribution in [2.75, 3.05) is 6.79 Å². The van der Waals surface area contributed by atoms with E-state index in [1.54, 1.807) is 0 Å². The van der Waals surface area contributed by atoms with Gasteiger partial charge < -0.3 is 9.47 Å². The SMILES string of the molecule is [CH2]c1ccccc1-c1cccc(-c2cccc3c2OCO3)c1. The summed E-state index contributed by atoms with van der Waals surface area (Å²) in [6.07, 6.45) is 0. The van der Waals surface area contributed by atoms with E-state index in [-0.39, 0.29) is 6.79 Å². The highest BCUT2D eigenvalue weighted by atomic mass is 16.7. The predicted molar refractivity (Wildman–Crippen MR) is 87.9 cm³/mol. The molecular formula is C20H15O2. The van der Waals surface area contributed by atoms with Crippen LogP contribution in [-0.4, -0.2) is 6.79 Å². The van der Waals surface area contributed by atoms with Crippen molar-refractivity contribution in [3.8, 4) is 33.8 Å². The number of rotatable bonds is 2. The summed E-state index contributed by atoms with van der Waals surface area (Å²) in [6, 6.07) is 22.6. The minimum atomic E-state index is 0.285. The molecule has 22 heavy (non-hydrogen) atoms. The molecule has 0 amide bonds. The van der Waals surface area contributed by atoms with E-state index in [0.717, 1.165) is 39.3 Å². The van der Waals surface area contributed by atoms with Crippen LogP contribution in [0.1, 0.15) is 5.56 Å². The molecule has 0 fully saturated rings. The molecule has 0 bridgehead atoms. The van der Waals surface area contributed by atoms with Gasteiger partial charge in [0.1, 0.15) is 0 Å². The van der Waals surface area contributed by atoms with Crippen molar-refractivity contribution < 1.29 is 9.47 Å². The summed E-state index contributed by atoms with van der Waals surface area (Å²) in [7, 11) is 0. The van der Waals surface area contributed by atoms with Gasteiger partial charge in [-0.2, -0.15) is 0 Å². The van der Waals surface area contributed by atoms with E-state index in [0.29, 0.717) is 0 Å². The maximum absolute atomic E-state index is 5.62. The molecule has 1 aliphatic heterocycles. The molecule has 0 aromatic heterocycles. The van der Waals surface area contributed by atoms with Gasteiger partial charge >= 0.3 is 0 Å². The van der Waals surface area contributed by atoms with E-state index in [1.165, 1.54) is 0 Å². The second-order valence-corrected chi connectivity index (χ2v) is 5.28. The lowest BCUT2D eigenvalue weighted by Gasteiger charge is -2.10. The Morgan fingerprint density at radius 3 is 2.32 bits per heavy atom. The Labute approximate surface area is 129 Å². The fourth-order valence-electron chi connectivity index (χ4n) is 2.81. The summed E-state index contributed by atoms with van der Waals surface area (Å²) in [5.74, 6) is 1.63. The van der Waals surface area contributed by atoms with Crippen LogP contribution >= 0.6 is 0 Å². The van der Waals surface area contributed by atoms with Crippen molar-refractivity contribution >= 4 is 0 Å². The van der Waals surface area contributed by atoms with E-state index in [2.05, 4.69) is 43.3 Å². The fourth-order valence-corrected chi connectivity index (χ4v) is 2.81. The highest BCUT2D eigenvalue weighted by Gasteiger charge is 2.18. The van der Waals surface area contributed by atoms with Crippen molar-refractivity contribution in [2.45, 2.75) is 0 Å². The van der Waals surface area contributed by atoms with Crippen LogP contribution in [0.15, 0.2) is 66.7 Å². The van der Waals surface area contributed by atoms with Crippen LogP contribution in [0.4, 0.5) is 0 Å². The van der Waals surface area contributed by atoms with Gasteiger partial charge in [-0.15, -0.1) is 0 Å². The average molecular weight is 287 g/mol. The summed E-state index contributed by atoms with van der Waals surface area (Å²) in [4.78, 5) is 0. The molecule has 2 heteroatoms. The molecule has 1 radical (unpaired) electrons. The van der Waals surface area contributed by atoms with Gasteiger partial charge in [-0.3, -0.25) is 0 Å². The molecule has 0 saturated heterocycles. The minimum Gasteiger partial charge on any atom is -0.454 e. The monoisotopic (exact) mass is 287 g/mol. The summed E-state index contributed by atoms with van der Waals surface area (Å²) in [6.45, 7) is 4.40. The predicted octanol–water partition coefficient (Wildman–Crippen LogP) is 4.93. The Balaban J connectivity index is 1.84. The molecule has 107 valence electrons. The Morgan fingerprint density at radius 2 is 1.45 bits per heavy atom. The summed E-state index contributed by atoms with van der Waals surface area (Å²) in [5, 5.41) is 0. The third kappa shape index (κ3) is 2.13. The molecule has 0 unspecified atom stereocenters. The molecule has 0 aliphatic carbocycles. The molecule has 3 aromatic rings. The summed E-state index contributed by atoms with van der Waals surface area (Å²) >= 11 is 0. The van der Waals surface area contributed by atoms with E-state index < -0.39 is 0 Å². The quantitative estimate of drug-likeness (QED) is 0.665. The minimum absolute atomic E-state index is 0.285. The first-order valence-corrected chi connectivity index (χ1v) is 7.23. The van der Waals surface area contributed by atoms with E-state index in [9.17, 15) is 0 Å². The third-order valence-electron chi connectivity index (χ3n) is 3.90. The summed E-state index contributed by atoms with van der Waals surface area (Å²) in [5.41, 5.74) is 5.49. The van der Waals surface area contributed by atoms with E-state index in [1.807, 2.05) is 30.3 Å². The Kier molecular flexibility index (Phi) is 3.08. The second-order valence-electron chi connectivity index (χ2n) is 5.28. The van der Waals surface area contributed by atoms with Crippen molar-refractivity contribution in [2.24, 2.45) is 0 Å². The second kappa shape index (κ2) is 5.23. The lowest BCUT2D eigenvalue weighted by atomic mass is 9.96. The largest absolute Gasteiger partial charge is 0.454 e. The van der Waals surface area contributed by atoms with Crippen molar-refractivity contribution in [1.29, 1.82) is 0 Å². The number of ether oxygens (including phenoxy) is 2. The first-order valence-electron chi connectivity index (χ1n) is 7.23. The molecule has 4 rings (SSSR count). The zero-order valence-corrected chi connectivity index (χ0v) is 12.1. The molecule has 2 nitrogen and oxygen atoms in total. The number of hydrogen-bond donors (Lipinski definition) is 0. The first-order chi connectivity index (χ1) is 10.8. The van der Waals surface area contributed by atoms with Crippen LogP contribution in [0.5, 0.6) is 11.5 Å². The average Bonchev–Trinajstić information content (AvgIpc) is 3.04. The molecule has 1 aliphatic rings. The van der Waals surface area contributed by atoms with Gasteiger partial charge in [0.15, 0.2) is 11.5 Å². The molecule has 0 N–H and O–H groups in total. The normalized spacial score (nSPS) is 12.4. The van der Waals surface area contributed by atoms with Gasteiger partial charge in [0.2, 0.25) is 6.79 Å². The number of benzene rings is 3. The van der Waals surface area contributed by atoms with Crippen LogP contribution < -0.4 is 9.47 Å². The van der Waals surface area contributed by atoms with Crippen molar-refractivity contribution in [3.63, 3.8) is 0 Å². The lowest BCUT2D eigenvalue weighted by molar-refractivity contribution is 0.174. The van der Waals surface area contributed by atoms with E-state index >= 15 is 0 Å². The first kappa shape index (κ1) is 13.0. The van der Waals surface area contributed by atoms with Crippen LogP contribution in [0.25, 0.3) is 22.3 Å². The molecular weight excluding hydrogens is 272 g/mol. The molecule has 0 saturated carbocycles. The third-order valence-corrected chi connectivity index (χ3v) is 3.90. The van der Waals surface area contributed by atoms with Crippen molar-refractivity contribution in [3.05, 3.63) is 79.2 Å². The maximum atomic E-state index is 5.62.